The number of ether oxygens (including phenoxy) is 3. The maximum atomic E-state index is 12.2. The molecule has 0 radical (unpaired) electrons. The quantitative estimate of drug-likeness (QED) is 0.670. The molecular formula is C20H19ClN2O6. The first kappa shape index (κ1) is 20.5. The summed E-state index contributed by atoms with van der Waals surface area (Å²) in [5.41, 5.74) is 0.927. The van der Waals surface area contributed by atoms with Crippen LogP contribution in [0.25, 0.3) is 0 Å². The van der Waals surface area contributed by atoms with E-state index in [0.717, 1.165) is 0 Å². The third-order valence-corrected chi connectivity index (χ3v) is 4.29. The fourth-order valence-corrected chi connectivity index (χ4v) is 2.64. The predicted octanol–water partition coefficient (Wildman–Crippen LogP) is 2.76. The molecule has 29 heavy (non-hydrogen) atoms. The predicted molar refractivity (Wildman–Crippen MR) is 105 cm³/mol. The largest absolute Gasteiger partial charge is 0.454 e. The number of hydrogen-bond acceptors (Lipinski definition) is 6. The van der Waals surface area contributed by atoms with E-state index in [1.165, 1.54) is 6.92 Å². The Kier molecular flexibility index (Phi) is 6.56. The van der Waals surface area contributed by atoms with Gasteiger partial charge >= 0.3 is 5.97 Å². The summed E-state index contributed by atoms with van der Waals surface area (Å²) >= 11 is 5.77. The van der Waals surface area contributed by atoms with Crippen LogP contribution in [0, 0.1) is 0 Å². The van der Waals surface area contributed by atoms with Crippen molar-refractivity contribution in [2.45, 2.75) is 19.4 Å². The van der Waals surface area contributed by atoms with E-state index in [1.807, 2.05) is 0 Å². The van der Waals surface area contributed by atoms with Gasteiger partial charge in [0, 0.05) is 28.9 Å². The van der Waals surface area contributed by atoms with Crippen molar-refractivity contribution in [2.75, 3.05) is 18.7 Å². The summed E-state index contributed by atoms with van der Waals surface area (Å²) in [5.74, 6) is -0.285. The van der Waals surface area contributed by atoms with Crippen molar-refractivity contribution in [1.82, 2.24) is 5.32 Å². The number of carbonyl (C=O) groups excluding carboxylic acids is 3. The summed E-state index contributed by atoms with van der Waals surface area (Å²) in [5, 5.41) is 5.78. The number of hydrogen-bond donors (Lipinski definition) is 2. The van der Waals surface area contributed by atoms with Crippen LogP contribution in [0.1, 0.15) is 23.7 Å². The van der Waals surface area contributed by atoms with Crippen LogP contribution in [-0.2, 0) is 14.3 Å². The van der Waals surface area contributed by atoms with Gasteiger partial charge in [0.2, 0.25) is 6.79 Å². The fraction of sp³-hybridized carbons (Fsp3) is 0.250. The second-order valence-corrected chi connectivity index (χ2v) is 6.64. The summed E-state index contributed by atoms with van der Waals surface area (Å²) in [6.45, 7) is 1.68. The van der Waals surface area contributed by atoms with Crippen molar-refractivity contribution in [1.29, 1.82) is 0 Å². The van der Waals surface area contributed by atoms with Crippen LogP contribution in [-0.4, -0.2) is 37.2 Å². The van der Waals surface area contributed by atoms with Gasteiger partial charge in [-0.05, 0) is 43.3 Å². The van der Waals surface area contributed by atoms with Crippen molar-refractivity contribution in [2.24, 2.45) is 0 Å². The van der Waals surface area contributed by atoms with Crippen molar-refractivity contribution in [3.8, 4) is 11.5 Å². The van der Waals surface area contributed by atoms with Crippen LogP contribution < -0.4 is 20.1 Å². The Morgan fingerprint density at radius 3 is 2.59 bits per heavy atom. The molecule has 2 amide bonds. The fourth-order valence-electron chi connectivity index (χ4n) is 2.51. The summed E-state index contributed by atoms with van der Waals surface area (Å²) in [6.07, 6.45) is -1.07. The van der Waals surface area contributed by atoms with Gasteiger partial charge in [0.25, 0.3) is 11.8 Å². The summed E-state index contributed by atoms with van der Waals surface area (Å²) < 4.78 is 15.6. The zero-order valence-corrected chi connectivity index (χ0v) is 16.3. The van der Waals surface area contributed by atoms with Crippen LogP contribution in [0.3, 0.4) is 0 Å². The van der Waals surface area contributed by atoms with E-state index in [4.69, 9.17) is 25.8 Å². The third-order valence-electron chi connectivity index (χ3n) is 4.04. The molecule has 1 aliphatic rings. The molecule has 1 atom stereocenters. The minimum Gasteiger partial charge on any atom is -0.454 e. The number of halogens is 1. The molecule has 0 spiro atoms. The lowest BCUT2D eigenvalue weighted by atomic mass is 10.2. The van der Waals surface area contributed by atoms with E-state index in [9.17, 15) is 14.4 Å². The molecule has 0 saturated heterocycles. The van der Waals surface area contributed by atoms with Crippen molar-refractivity contribution in [3.05, 3.63) is 53.1 Å². The highest BCUT2D eigenvalue weighted by Crippen LogP contribution is 2.34. The maximum Gasteiger partial charge on any atom is 0.308 e. The lowest BCUT2D eigenvalue weighted by Gasteiger charge is -2.14. The van der Waals surface area contributed by atoms with Crippen molar-refractivity contribution in [3.63, 3.8) is 0 Å². The van der Waals surface area contributed by atoms with E-state index < -0.39 is 18.0 Å². The lowest BCUT2D eigenvalue weighted by molar-refractivity contribution is -0.153. The van der Waals surface area contributed by atoms with Gasteiger partial charge in [-0.3, -0.25) is 14.4 Å². The smallest absolute Gasteiger partial charge is 0.308 e. The van der Waals surface area contributed by atoms with Gasteiger partial charge in [-0.2, -0.15) is 0 Å². The van der Waals surface area contributed by atoms with E-state index in [-0.39, 0.29) is 25.7 Å². The van der Waals surface area contributed by atoms with E-state index >= 15 is 0 Å². The Balaban J connectivity index is 1.40. The molecule has 9 heteroatoms. The normalized spacial score (nSPS) is 12.8. The molecule has 0 saturated carbocycles. The van der Waals surface area contributed by atoms with Crippen LogP contribution >= 0.6 is 11.6 Å². The van der Waals surface area contributed by atoms with Crippen LogP contribution in [0.2, 0.25) is 5.02 Å². The van der Waals surface area contributed by atoms with Crippen molar-refractivity contribution >= 4 is 35.1 Å². The number of benzene rings is 2. The number of amides is 2. The summed E-state index contributed by atoms with van der Waals surface area (Å²) in [7, 11) is 0. The zero-order chi connectivity index (χ0) is 20.8. The molecule has 3 rings (SSSR count). The van der Waals surface area contributed by atoms with Gasteiger partial charge in [0.15, 0.2) is 17.6 Å². The maximum absolute atomic E-state index is 12.2. The Morgan fingerprint density at radius 2 is 1.83 bits per heavy atom. The van der Waals surface area contributed by atoms with E-state index in [0.29, 0.717) is 27.8 Å². The lowest BCUT2D eigenvalue weighted by Crippen LogP contribution is -2.32. The molecule has 0 bridgehead atoms. The topological polar surface area (TPSA) is 103 Å². The Labute approximate surface area is 172 Å². The zero-order valence-electron chi connectivity index (χ0n) is 15.6. The summed E-state index contributed by atoms with van der Waals surface area (Å²) in [6, 6.07) is 11.3. The van der Waals surface area contributed by atoms with Crippen LogP contribution in [0.15, 0.2) is 42.5 Å². The van der Waals surface area contributed by atoms with E-state index in [2.05, 4.69) is 10.6 Å². The number of anilines is 1. The average Bonchev–Trinajstić information content (AvgIpc) is 3.16. The Hall–Kier alpha value is -3.26. The van der Waals surface area contributed by atoms with Gasteiger partial charge in [-0.1, -0.05) is 11.6 Å². The second-order valence-electron chi connectivity index (χ2n) is 6.20. The first-order valence-corrected chi connectivity index (χ1v) is 9.24. The highest BCUT2D eigenvalue weighted by atomic mass is 35.5. The Morgan fingerprint density at radius 1 is 1.10 bits per heavy atom. The second kappa shape index (κ2) is 9.29. The molecule has 1 aliphatic heterocycles. The van der Waals surface area contributed by atoms with Gasteiger partial charge in [-0.25, -0.2) is 0 Å². The third kappa shape index (κ3) is 5.61. The molecule has 0 aliphatic carbocycles. The molecule has 2 aromatic rings. The number of carbonyl (C=O) groups is 3. The summed E-state index contributed by atoms with van der Waals surface area (Å²) in [4.78, 5) is 36.1. The highest BCUT2D eigenvalue weighted by Gasteiger charge is 2.20. The van der Waals surface area contributed by atoms with Crippen LogP contribution in [0.4, 0.5) is 5.69 Å². The molecule has 1 heterocycles. The molecule has 0 aromatic heterocycles. The monoisotopic (exact) mass is 418 g/mol. The highest BCUT2D eigenvalue weighted by molar-refractivity contribution is 6.30. The van der Waals surface area contributed by atoms with Crippen molar-refractivity contribution < 1.29 is 28.6 Å². The molecule has 0 unspecified atom stereocenters. The molecule has 2 N–H and O–H groups in total. The Bertz CT molecular complexity index is 916. The van der Waals surface area contributed by atoms with Gasteiger partial charge in [-0.15, -0.1) is 0 Å². The number of fused-ring (bicyclic) bond motifs is 1. The average molecular weight is 419 g/mol. The minimum absolute atomic E-state index is 0.0685. The molecule has 8 nitrogen and oxygen atoms in total. The molecule has 2 aromatic carbocycles. The molecule has 152 valence electrons. The van der Waals surface area contributed by atoms with Gasteiger partial charge in [0.1, 0.15) is 0 Å². The van der Waals surface area contributed by atoms with Crippen LogP contribution in [0.5, 0.6) is 11.5 Å². The minimum atomic E-state index is -1.00. The van der Waals surface area contributed by atoms with Gasteiger partial charge < -0.3 is 24.8 Å². The molecular weight excluding hydrogens is 400 g/mol. The first-order chi connectivity index (χ1) is 13.9. The van der Waals surface area contributed by atoms with E-state index in [1.54, 1.807) is 42.5 Å². The number of esters is 1. The number of nitrogens with one attached hydrogen (secondary N) is 2. The first-order valence-electron chi connectivity index (χ1n) is 8.86. The SMILES string of the molecule is C[C@@H](OC(=O)CCNC(=O)c1ccc(Cl)cc1)C(=O)Nc1ccc2c(c1)OCO2. The standard InChI is InChI=1S/C20H19ClN2O6/c1-12(19(25)23-15-6-7-16-17(10-15)28-11-27-16)29-18(24)8-9-22-20(26)13-2-4-14(21)5-3-13/h2-7,10,12H,8-9,11H2,1H3,(H,22,26)(H,23,25)/t12-/m1/s1. The molecule has 0 fully saturated rings. The van der Waals surface area contributed by atoms with Gasteiger partial charge in [0.05, 0.1) is 6.42 Å². The number of rotatable bonds is 7.